The van der Waals surface area contributed by atoms with Gasteiger partial charge in [-0.25, -0.2) is 4.98 Å². The molecule has 0 aliphatic heterocycles. The first-order valence-corrected chi connectivity index (χ1v) is 13.5. The molecule has 0 bridgehead atoms. The standard InChI is InChI=1S/C26H21N5O4S3/c1-16(32)17-8-10-19(11-9-17)27-25(36)28-20-5-3-7-22(13-20)37-15-24(33)30-26-29-23(14-38-26)18-4-2-6-21(12-18)31(34)35/h2-14H,15H2,1H3,(H2,27,28,36)(H,29,30,33). The van der Waals surface area contributed by atoms with Crippen molar-refractivity contribution in [2.24, 2.45) is 0 Å². The summed E-state index contributed by atoms with van der Waals surface area (Å²) in [6.07, 6.45) is 0. The second kappa shape index (κ2) is 12.4. The highest BCUT2D eigenvalue weighted by Gasteiger charge is 2.12. The van der Waals surface area contributed by atoms with Crippen LogP contribution in [0.4, 0.5) is 22.2 Å². The summed E-state index contributed by atoms with van der Waals surface area (Å²) in [5.74, 6) is -0.0583. The fourth-order valence-corrected chi connectivity index (χ4v) is 5.02. The molecule has 0 fully saturated rings. The van der Waals surface area contributed by atoms with Crippen LogP contribution < -0.4 is 16.0 Å². The number of hydrogen-bond acceptors (Lipinski definition) is 8. The monoisotopic (exact) mass is 563 g/mol. The molecule has 38 heavy (non-hydrogen) atoms. The highest BCUT2D eigenvalue weighted by molar-refractivity contribution is 8.00. The molecule has 0 atom stereocenters. The van der Waals surface area contributed by atoms with E-state index >= 15 is 0 Å². The van der Waals surface area contributed by atoms with E-state index in [1.807, 2.05) is 24.3 Å². The molecule has 1 amide bonds. The van der Waals surface area contributed by atoms with Gasteiger partial charge in [0.2, 0.25) is 5.91 Å². The summed E-state index contributed by atoms with van der Waals surface area (Å²) < 4.78 is 0. The summed E-state index contributed by atoms with van der Waals surface area (Å²) in [4.78, 5) is 39.7. The summed E-state index contributed by atoms with van der Waals surface area (Å²) in [7, 11) is 0. The zero-order valence-corrected chi connectivity index (χ0v) is 22.4. The van der Waals surface area contributed by atoms with Crippen LogP contribution in [0.5, 0.6) is 0 Å². The van der Waals surface area contributed by atoms with Gasteiger partial charge in [-0.1, -0.05) is 18.2 Å². The molecule has 3 N–H and O–H groups in total. The number of hydrogen-bond donors (Lipinski definition) is 3. The minimum absolute atomic E-state index is 0.00266. The van der Waals surface area contributed by atoms with Gasteiger partial charge >= 0.3 is 0 Å². The lowest BCUT2D eigenvalue weighted by Gasteiger charge is -2.12. The Kier molecular flexibility index (Phi) is 8.79. The van der Waals surface area contributed by atoms with E-state index < -0.39 is 4.92 Å². The van der Waals surface area contributed by atoms with Gasteiger partial charge in [-0.05, 0) is 61.6 Å². The van der Waals surface area contributed by atoms with Crippen LogP contribution in [0.15, 0.2) is 83.1 Å². The highest BCUT2D eigenvalue weighted by Crippen LogP contribution is 2.28. The average Bonchev–Trinajstić information content (AvgIpc) is 3.36. The fraction of sp³-hybridized carbons (Fsp3) is 0.0769. The number of thiazole rings is 1. The number of thioether (sulfide) groups is 1. The number of nitrogens with one attached hydrogen (secondary N) is 3. The average molecular weight is 564 g/mol. The van der Waals surface area contributed by atoms with E-state index in [9.17, 15) is 19.7 Å². The molecular formula is C26H21N5O4S3. The van der Waals surface area contributed by atoms with Crippen molar-refractivity contribution >= 4 is 74.3 Å². The van der Waals surface area contributed by atoms with E-state index in [-0.39, 0.29) is 23.1 Å². The zero-order chi connectivity index (χ0) is 27.1. The minimum atomic E-state index is -0.459. The molecule has 4 rings (SSSR count). The quantitative estimate of drug-likeness (QED) is 0.0691. The number of ketones is 1. The van der Waals surface area contributed by atoms with Crippen LogP contribution in [0.1, 0.15) is 17.3 Å². The van der Waals surface area contributed by atoms with Crippen LogP contribution in [0.3, 0.4) is 0 Å². The number of carbonyl (C=O) groups is 2. The Morgan fingerprint density at radius 2 is 1.74 bits per heavy atom. The SMILES string of the molecule is CC(=O)c1ccc(NC(=S)Nc2cccc(SCC(=O)Nc3nc(-c4cccc([N+](=O)[O-])c4)cs3)c2)cc1. The fourth-order valence-electron chi connectivity index (χ4n) is 3.29. The number of thiocarbonyl (C=S) groups is 1. The Bertz CT molecular complexity index is 1500. The molecule has 9 nitrogen and oxygen atoms in total. The summed E-state index contributed by atoms with van der Waals surface area (Å²) in [6, 6.07) is 20.7. The lowest BCUT2D eigenvalue weighted by atomic mass is 10.1. The van der Waals surface area contributed by atoms with E-state index in [2.05, 4.69) is 20.9 Å². The van der Waals surface area contributed by atoms with Crippen molar-refractivity contribution in [3.8, 4) is 11.3 Å². The molecule has 0 aliphatic rings. The number of amides is 1. The first kappa shape index (κ1) is 26.9. The van der Waals surface area contributed by atoms with E-state index in [1.165, 1.54) is 42.2 Å². The maximum absolute atomic E-state index is 12.5. The largest absolute Gasteiger partial charge is 0.332 e. The minimum Gasteiger partial charge on any atom is -0.332 e. The van der Waals surface area contributed by atoms with Crippen molar-refractivity contribution in [2.45, 2.75) is 11.8 Å². The van der Waals surface area contributed by atoms with E-state index in [4.69, 9.17) is 12.2 Å². The molecule has 0 aliphatic carbocycles. The van der Waals surface area contributed by atoms with Gasteiger partial charge in [0.15, 0.2) is 16.0 Å². The van der Waals surface area contributed by atoms with Crippen molar-refractivity contribution in [1.82, 2.24) is 4.98 Å². The number of Topliss-reactive ketones (excluding diaryl/α,β-unsaturated/α-hetero) is 1. The summed E-state index contributed by atoms with van der Waals surface area (Å²) in [5, 5.41) is 22.5. The number of benzene rings is 3. The molecule has 3 aromatic carbocycles. The maximum atomic E-state index is 12.5. The van der Waals surface area contributed by atoms with Crippen molar-refractivity contribution < 1.29 is 14.5 Å². The Labute approximate surface area is 231 Å². The van der Waals surface area contributed by atoms with Crippen LogP contribution in [0.25, 0.3) is 11.3 Å². The van der Waals surface area contributed by atoms with Gasteiger partial charge in [0.05, 0.1) is 16.4 Å². The Balaban J connectivity index is 1.28. The molecular weight excluding hydrogens is 543 g/mol. The lowest BCUT2D eigenvalue weighted by molar-refractivity contribution is -0.384. The molecule has 0 unspecified atom stereocenters. The predicted molar refractivity (Wildman–Crippen MR) is 156 cm³/mol. The van der Waals surface area contributed by atoms with Gasteiger partial charge < -0.3 is 16.0 Å². The topological polar surface area (TPSA) is 126 Å². The van der Waals surface area contributed by atoms with Crippen LogP contribution in [-0.2, 0) is 4.79 Å². The van der Waals surface area contributed by atoms with Gasteiger partial charge in [-0.15, -0.1) is 23.1 Å². The third kappa shape index (κ3) is 7.44. The number of anilines is 3. The molecule has 192 valence electrons. The van der Waals surface area contributed by atoms with Crippen LogP contribution in [-0.4, -0.2) is 32.5 Å². The Morgan fingerprint density at radius 1 is 1.00 bits per heavy atom. The molecule has 0 saturated carbocycles. The van der Waals surface area contributed by atoms with Gasteiger partial charge in [-0.2, -0.15) is 0 Å². The first-order chi connectivity index (χ1) is 18.3. The number of carbonyl (C=O) groups excluding carboxylic acids is 2. The van der Waals surface area contributed by atoms with Crippen molar-refractivity contribution in [1.29, 1.82) is 0 Å². The number of rotatable bonds is 9. The number of nitro benzene ring substituents is 1. The Morgan fingerprint density at radius 3 is 2.47 bits per heavy atom. The zero-order valence-electron chi connectivity index (χ0n) is 20.0. The van der Waals surface area contributed by atoms with E-state index in [0.29, 0.717) is 27.1 Å². The van der Waals surface area contributed by atoms with Gasteiger partial charge in [0, 0.05) is 44.9 Å². The van der Waals surface area contributed by atoms with Crippen molar-refractivity contribution in [2.75, 3.05) is 21.7 Å². The predicted octanol–water partition coefficient (Wildman–Crippen LogP) is 6.46. The van der Waals surface area contributed by atoms with Crippen molar-refractivity contribution in [3.63, 3.8) is 0 Å². The maximum Gasteiger partial charge on any atom is 0.270 e. The second-order valence-electron chi connectivity index (χ2n) is 7.92. The normalized spacial score (nSPS) is 10.4. The van der Waals surface area contributed by atoms with E-state index in [0.717, 1.165) is 16.3 Å². The molecule has 4 aromatic rings. The molecule has 0 radical (unpaired) electrons. The van der Waals surface area contributed by atoms with Crippen LogP contribution in [0, 0.1) is 10.1 Å². The van der Waals surface area contributed by atoms with Gasteiger partial charge in [0.25, 0.3) is 5.69 Å². The van der Waals surface area contributed by atoms with Crippen LogP contribution in [0.2, 0.25) is 0 Å². The second-order valence-corrected chi connectivity index (χ2v) is 10.2. The van der Waals surface area contributed by atoms with Gasteiger partial charge in [-0.3, -0.25) is 19.7 Å². The number of non-ortho nitro benzene ring substituents is 1. The third-order valence-corrected chi connectivity index (χ3v) is 7.07. The molecule has 0 saturated heterocycles. The van der Waals surface area contributed by atoms with Gasteiger partial charge in [0.1, 0.15) is 0 Å². The number of aromatic nitrogens is 1. The summed E-state index contributed by atoms with van der Waals surface area (Å²) >= 11 is 7.99. The van der Waals surface area contributed by atoms with E-state index in [1.54, 1.807) is 41.8 Å². The van der Waals surface area contributed by atoms with Crippen molar-refractivity contribution in [3.05, 3.63) is 93.9 Å². The third-order valence-electron chi connectivity index (χ3n) is 5.11. The summed E-state index contributed by atoms with van der Waals surface area (Å²) in [6.45, 7) is 1.52. The Hall–Kier alpha value is -4.13. The lowest BCUT2D eigenvalue weighted by Crippen LogP contribution is -2.19. The molecule has 1 aromatic heterocycles. The number of nitrogens with zero attached hydrogens (tertiary/aromatic N) is 2. The highest BCUT2D eigenvalue weighted by atomic mass is 32.2. The molecule has 12 heteroatoms. The smallest absolute Gasteiger partial charge is 0.270 e. The number of nitro groups is 1. The first-order valence-electron chi connectivity index (χ1n) is 11.2. The summed E-state index contributed by atoms with van der Waals surface area (Å²) in [5.41, 5.74) is 3.28. The van der Waals surface area contributed by atoms with Crippen LogP contribution >= 0.6 is 35.3 Å². The molecule has 0 spiro atoms. The molecule has 1 heterocycles.